The standard InChI is InChI=1S/C15H20F5NO6/c1-12(2,3)27-11(24)21-7-13(16,17)5-8(21)9(22)6-14(25,10(23)26-4)15(18,19)20/h8,25H,5-7H2,1-4H3/t8-,14?/m0/s1. The molecule has 1 N–H and O–H groups in total. The molecule has 0 spiro atoms. The van der Waals surface area contributed by atoms with E-state index in [-0.39, 0.29) is 0 Å². The first kappa shape index (κ1) is 23.1. The number of hydrogen-bond donors (Lipinski definition) is 1. The van der Waals surface area contributed by atoms with Crippen LogP contribution in [0.1, 0.15) is 33.6 Å². The van der Waals surface area contributed by atoms with E-state index in [2.05, 4.69) is 4.74 Å². The van der Waals surface area contributed by atoms with Gasteiger partial charge in [0.05, 0.1) is 26.1 Å². The molecule has 1 fully saturated rings. The molecule has 0 radical (unpaired) electrons. The highest BCUT2D eigenvalue weighted by molar-refractivity contribution is 5.94. The van der Waals surface area contributed by atoms with Crippen molar-refractivity contribution < 1.29 is 50.9 Å². The summed E-state index contributed by atoms with van der Waals surface area (Å²) in [7, 11) is 0.556. The summed E-state index contributed by atoms with van der Waals surface area (Å²) in [5, 5.41) is 9.65. The van der Waals surface area contributed by atoms with Crippen molar-refractivity contribution in [1.29, 1.82) is 0 Å². The Bertz CT molecular complexity index is 615. The molecule has 0 bridgehead atoms. The van der Waals surface area contributed by atoms with E-state index in [4.69, 9.17) is 4.74 Å². The zero-order valence-corrected chi connectivity index (χ0v) is 15.0. The first-order valence-corrected chi connectivity index (χ1v) is 7.71. The Balaban J connectivity index is 3.14. The molecule has 1 rings (SSSR count). The van der Waals surface area contributed by atoms with Gasteiger partial charge >= 0.3 is 18.2 Å². The Kier molecular flexibility index (Phi) is 6.16. The number of aliphatic hydroxyl groups is 1. The fraction of sp³-hybridized carbons (Fsp3) is 0.800. The molecule has 12 heteroatoms. The zero-order chi connectivity index (χ0) is 21.4. The van der Waals surface area contributed by atoms with Crippen molar-refractivity contribution in [1.82, 2.24) is 4.90 Å². The molecule has 156 valence electrons. The lowest BCUT2D eigenvalue weighted by Gasteiger charge is -2.30. The van der Waals surface area contributed by atoms with Crippen LogP contribution in [-0.4, -0.2) is 70.8 Å². The van der Waals surface area contributed by atoms with Crippen molar-refractivity contribution in [2.75, 3.05) is 13.7 Å². The number of ketones is 1. The van der Waals surface area contributed by atoms with Crippen LogP contribution in [0, 0.1) is 0 Å². The third-order valence-corrected chi connectivity index (χ3v) is 3.69. The summed E-state index contributed by atoms with van der Waals surface area (Å²) in [6, 6.07) is -2.01. The van der Waals surface area contributed by atoms with E-state index in [0.717, 1.165) is 0 Å². The summed E-state index contributed by atoms with van der Waals surface area (Å²) in [4.78, 5) is 36.0. The van der Waals surface area contributed by atoms with Gasteiger partial charge in [-0.05, 0) is 20.8 Å². The number of amides is 1. The van der Waals surface area contributed by atoms with Crippen LogP contribution in [0.3, 0.4) is 0 Å². The number of alkyl halides is 5. The molecule has 1 unspecified atom stereocenters. The number of nitrogens with zero attached hydrogens (tertiary/aromatic N) is 1. The Morgan fingerprint density at radius 3 is 2.11 bits per heavy atom. The molecule has 1 heterocycles. The molecule has 0 aromatic heterocycles. The Hall–Kier alpha value is -1.98. The smallest absolute Gasteiger partial charge is 0.428 e. The maximum Gasteiger partial charge on any atom is 0.428 e. The molecule has 7 nitrogen and oxygen atoms in total. The summed E-state index contributed by atoms with van der Waals surface area (Å²) in [6.45, 7) is 3.03. The van der Waals surface area contributed by atoms with Crippen molar-refractivity contribution in [3.8, 4) is 0 Å². The molecule has 1 saturated heterocycles. The number of hydrogen-bond acceptors (Lipinski definition) is 6. The highest BCUT2D eigenvalue weighted by Crippen LogP contribution is 2.38. The monoisotopic (exact) mass is 405 g/mol. The van der Waals surface area contributed by atoms with Crippen LogP contribution in [0.2, 0.25) is 0 Å². The molecule has 2 atom stereocenters. The van der Waals surface area contributed by atoms with Crippen molar-refractivity contribution >= 4 is 17.8 Å². The second kappa shape index (κ2) is 7.21. The number of carbonyl (C=O) groups excluding carboxylic acids is 3. The average Bonchev–Trinajstić information content (AvgIpc) is 2.79. The summed E-state index contributed by atoms with van der Waals surface area (Å²) < 4.78 is 75.4. The number of halogens is 5. The van der Waals surface area contributed by atoms with Gasteiger partial charge in [0, 0.05) is 6.42 Å². The van der Waals surface area contributed by atoms with E-state index in [1.807, 2.05) is 0 Å². The van der Waals surface area contributed by atoms with Crippen LogP contribution in [0.4, 0.5) is 26.7 Å². The molecule has 1 aliphatic heterocycles. The third kappa shape index (κ3) is 5.27. The van der Waals surface area contributed by atoms with Gasteiger partial charge in [-0.15, -0.1) is 0 Å². The number of carbonyl (C=O) groups is 3. The van der Waals surface area contributed by atoms with Gasteiger partial charge in [-0.3, -0.25) is 9.69 Å². The van der Waals surface area contributed by atoms with E-state index in [1.54, 1.807) is 0 Å². The predicted molar refractivity (Wildman–Crippen MR) is 78.9 cm³/mol. The Morgan fingerprint density at radius 1 is 1.19 bits per heavy atom. The van der Waals surface area contributed by atoms with Crippen molar-refractivity contribution in [2.45, 2.75) is 63.0 Å². The number of esters is 1. The van der Waals surface area contributed by atoms with Crippen LogP contribution in [-0.2, 0) is 19.1 Å². The fourth-order valence-corrected chi connectivity index (χ4v) is 2.44. The van der Waals surface area contributed by atoms with Crippen molar-refractivity contribution in [3.63, 3.8) is 0 Å². The van der Waals surface area contributed by atoms with Crippen molar-refractivity contribution in [3.05, 3.63) is 0 Å². The van der Waals surface area contributed by atoms with E-state index >= 15 is 0 Å². The molecule has 1 aliphatic rings. The summed E-state index contributed by atoms with van der Waals surface area (Å²) in [5.41, 5.74) is -5.34. The van der Waals surface area contributed by atoms with Gasteiger partial charge in [0.15, 0.2) is 5.78 Å². The highest BCUT2D eigenvalue weighted by Gasteiger charge is 2.63. The molecule has 27 heavy (non-hydrogen) atoms. The van der Waals surface area contributed by atoms with Gasteiger partial charge in [0.25, 0.3) is 11.5 Å². The van der Waals surface area contributed by atoms with E-state index in [1.165, 1.54) is 20.8 Å². The minimum atomic E-state index is -5.60. The van der Waals surface area contributed by atoms with Gasteiger partial charge < -0.3 is 14.6 Å². The lowest BCUT2D eigenvalue weighted by Crippen LogP contribution is -2.56. The van der Waals surface area contributed by atoms with Gasteiger partial charge in [0.2, 0.25) is 0 Å². The quantitative estimate of drug-likeness (QED) is 0.569. The van der Waals surface area contributed by atoms with Gasteiger partial charge in [-0.1, -0.05) is 0 Å². The number of Topliss-reactive ketones (excluding diaryl/α,β-unsaturated/α-hetero) is 1. The third-order valence-electron chi connectivity index (χ3n) is 3.69. The second-order valence-electron chi connectivity index (χ2n) is 7.18. The lowest BCUT2D eigenvalue weighted by molar-refractivity contribution is -0.262. The van der Waals surface area contributed by atoms with E-state index in [9.17, 15) is 41.4 Å². The minimum absolute atomic E-state index is 0.293. The summed E-state index contributed by atoms with van der Waals surface area (Å²) >= 11 is 0. The molecule has 1 amide bonds. The fourth-order valence-electron chi connectivity index (χ4n) is 2.44. The minimum Gasteiger partial charge on any atom is -0.467 e. The van der Waals surface area contributed by atoms with Gasteiger partial charge in [-0.25, -0.2) is 18.4 Å². The van der Waals surface area contributed by atoms with E-state index < -0.39 is 66.6 Å². The molecular formula is C15H20F5NO6. The molecular weight excluding hydrogens is 385 g/mol. The topological polar surface area (TPSA) is 93.1 Å². The average molecular weight is 405 g/mol. The number of ether oxygens (including phenoxy) is 2. The number of rotatable bonds is 4. The predicted octanol–water partition coefficient (Wildman–Crippen LogP) is 2.06. The van der Waals surface area contributed by atoms with Crippen LogP contribution < -0.4 is 0 Å². The lowest BCUT2D eigenvalue weighted by atomic mass is 9.92. The first-order valence-electron chi connectivity index (χ1n) is 7.71. The van der Waals surface area contributed by atoms with E-state index in [0.29, 0.717) is 12.0 Å². The van der Waals surface area contributed by atoms with Crippen LogP contribution >= 0.6 is 0 Å². The maximum absolute atomic E-state index is 13.7. The number of likely N-dealkylation sites (tertiary alicyclic amines) is 1. The second-order valence-corrected chi connectivity index (χ2v) is 7.18. The molecule has 0 aliphatic carbocycles. The summed E-state index contributed by atoms with van der Waals surface area (Å²) in [6.07, 6.45) is -10.1. The Labute approximate surface area is 151 Å². The van der Waals surface area contributed by atoms with Gasteiger partial charge in [-0.2, -0.15) is 13.2 Å². The Morgan fingerprint density at radius 2 is 1.70 bits per heavy atom. The van der Waals surface area contributed by atoms with Crippen LogP contribution in [0.25, 0.3) is 0 Å². The summed E-state index contributed by atoms with van der Waals surface area (Å²) in [5.74, 6) is -7.31. The van der Waals surface area contributed by atoms with Crippen LogP contribution in [0.15, 0.2) is 0 Å². The van der Waals surface area contributed by atoms with Crippen LogP contribution in [0.5, 0.6) is 0 Å². The van der Waals surface area contributed by atoms with Gasteiger partial charge in [0.1, 0.15) is 5.60 Å². The molecule has 0 saturated carbocycles. The maximum atomic E-state index is 13.7. The molecule has 0 aromatic rings. The number of methoxy groups -OCH3 is 1. The highest BCUT2D eigenvalue weighted by atomic mass is 19.4. The first-order chi connectivity index (χ1) is 11.9. The normalized spacial score (nSPS) is 22.1. The zero-order valence-electron chi connectivity index (χ0n) is 15.0. The van der Waals surface area contributed by atoms with Crippen molar-refractivity contribution in [2.24, 2.45) is 0 Å². The largest absolute Gasteiger partial charge is 0.467 e. The molecule has 0 aromatic carbocycles. The SMILES string of the molecule is COC(=O)C(O)(CC(=O)[C@@H]1CC(F)(F)CN1C(=O)OC(C)(C)C)C(F)(F)F.